The SMILES string of the molecule is Cc1ccccc1-c1ccnc2cc(O[C@H](C)C(=O)N3CCCCC3)ccc12. The lowest BCUT2D eigenvalue weighted by atomic mass is 9.97. The Morgan fingerprint density at radius 3 is 2.61 bits per heavy atom. The normalized spacial score (nSPS) is 15.4. The third kappa shape index (κ3) is 3.72. The van der Waals surface area contributed by atoms with Crippen LogP contribution >= 0.6 is 0 Å². The van der Waals surface area contributed by atoms with E-state index in [1.807, 2.05) is 42.3 Å². The van der Waals surface area contributed by atoms with Crippen LogP contribution < -0.4 is 4.74 Å². The van der Waals surface area contributed by atoms with Gasteiger partial charge in [-0.2, -0.15) is 0 Å². The Hall–Kier alpha value is -2.88. The smallest absolute Gasteiger partial charge is 0.263 e. The Bertz CT molecular complexity index is 993. The Morgan fingerprint density at radius 2 is 1.82 bits per heavy atom. The van der Waals surface area contributed by atoms with E-state index < -0.39 is 6.10 Å². The van der Waals surface area contributed by atoms with Gasteiger partial charge in [0.15, 0.2) is 6.10 Å². The summed E-state index contributed by atoms with van der Waals surface area (Å²) in [5, 5.41) is 1.08. The Kier molecular flexibility index (Phi) is 5.29. The van der Waals surface area contributed by atoms with Crippen molar-refractivity contribution in [1.29, 1.82) is 0 Å². The highest BCUT2D eigenvalue weighted by Crippen LogP contribution is 2.31. The fourth-order valence-corrected chi connectivity index (χ4v) is 3.94. The lowest BCUT2D eigenvalue weighted by Gasteiger charge is -2.29. The van der Waals surface area contributed by atoms with E-state index in [-0.39, 0.29) is 5.91 Å². The maximum Gasteiger partial charge on any atom is 0.263 e. The fraction of sp³-hybridized carbons (Fsp3) is 0.333. The predicted octanol–water partition coefficient (Wildman–Crippen LogP) is 4.99. The molecular formula is C24H26N2O2. The van der Waals surface area contributed by atoms with Crippen molar-refractivity contribution in [2.75, 3.05) is 13.1 Å². The summed E-state index contributed by atoms with van der Waals surface area (Å²) in [4.78, 5) is 19.1. The summed E-state index contributed by atoms with van der Waals surface area (Å²) in [6.07, 6.45) is 4.71. The van der Waals surface area contributed by atoms with Crippen molar-refractivity contribution in [3.05, 3.63) is 60.3 Å². The minimum Gasteiger partial charge on any atom is -0.481 e. The Labute approximate surface area is 166 Å². The third-order valence-corrected chi connectivity index (χ3v) is 5.48. The number of hydrogen-bond donors (Lipinski definition) is 0. The highest BCUT2D eigenvalue weighted by atomic mass is 16.5. The van der Waals surface area contributed by atoms with E-state index in [0.717, 1.165) is 42.4 Å². The summed E-state index contributed by atoms with van der Waals surface area (Å²) in [7, 11) is 0. The number of fused-ring (bicyclic) bond motifs is 1. The molecule has 0 unspecified atom stereocenters. The highest BCUT2D eigenvalue weighted by Gasteiger charge is 2.23. The van der Waals surface area contributed by atoms with E-state index >= 15 is 0 Å². The van der Waals surface area contributed by atoms with Gasteiger partial charge in [0, 0.05) is 30.7 Å². The Balaban J connectivity index is 1.58. The topological polar surface area (TPSA) is 42.4 Å². The first-order chi connectivity index (χ1) is 13.6. The first kappa shape index (κ1) is 18.5. The van der Waals surface area contributed by atoms with Gasteiger partial charge >= 0.3 is 0 Å². The number of carbonyl (C=O) groups excluding carboxylic acids is 1. The minimum absolute atomic E-state index is 0.0708. The Morgan fingerprint density at radius 1 is 1.04 bits per heavy atom. The quantitative estimate of drug-likeness (QED) is 0.646. The molecule has 144 valence electrons. The maximum absolute atomic E-state index is 12.6. The molecular weight excluding hydrogens is 348 g/mol. The first-order valence-corrected chi connectivity index (χ1v) is 10.0. The fourth-order valence-electron chi connectivity index (χ4n) is 3.94. The second kappa shape index (κ2) is 8.01. The molecule has 4 nitrogen and oxygen atoms in total. The summed E-state index contributed by atoms with van der Waals surface area (Å²) in [5.74, 6) is 0.751. The summed E-state index contributed by atoms with van der Waals surface area (Å²) >= 11 is 0. The average Bonchev–Trinajstić information content (AvgIpc) is 2.73. The van der Waals surface area contributed by atoms with Gasteiger partial charge in [-0.05, 0) is 68.0 Å². The number of amides is 1. The van der Waals surface area contributed by atoms with Crippen LogP contribution in [-0.4, -0.2) is 35.0 Å². The number of rotatable bonds is 4. The zero-order chi connectivity index (χ0) is 19.5. The van der Waals surface area contributed by atoms with Gasteiger partial charge in [-0.1, -0.05) is 24.3 Å². The van der Waals surface area contributed by atoms with Crippen LogP contribution in [0.5, 0.6) is 5.75 Å². The zero-order valence-electron chi connectivity index (χ0n) is 16.5. The van der Waals surface area contributed by atoms with Crippen molar-refractivity contribution in [2.24, 2.45) is 0 Å². The molecule has 1 saturated heterocycles. The molecule has 0 bridgehead atoms. The van der Waals surface area contributed by atoms with Crippen LogP contribution in [0.15, 0.2) is 54.7 Å². The van der Waals surface area contributed by atoms with Gasteiger partial charge in [-0.3, -0.25) is 9.78 Å². The molecule has 28 heavy (non-hydrogen) atoms. The number of hydrogen-bond acceptors (Lipinski definition) is 3. The van der Waals surface area contributed by atoms with Crippen LogP contribution in [0.25, 0.3) is 22.0 Å². The van der Waals surface area contributed by atoms with Gasteiger partial charge in [-0.25, -0.2) is 0 Å². The molecule has 4 heteroatoms. The lowest BCUT2D eigenvalue weighted by molar-refractivity contribution is -0.138. The molecule has 4 rings (SSSR count). The van der Waals surface area contributed by atoms with Gasteiger partial charge in [0.2, 0.25) is 0 Å². The van der Waals surface area contributed by atoms with Crippen molar-refractivity contribution in [3.8, 4) is 16.9 Å². The van der Waals surface area contributed by atoms with Gasteiger partial charge in [0.25, 0.3) is 5.91 Å². The summed E-state index contributed by atoms with van der Waals surface area (Å²) < 4.78 is 5.98. The van der Waals surface area contributed by atoms with Crippen molar-refractivity contribution >= 4 is 16.8 Å². The monoisotopic (exact) mass is 374 g/mol. The summed E-state index contributed by atoms with van der Waals surface area (Å²) in [5.41, 5.74) is 4.47. The van der Waals surface area contributed by atoms with Crippen LogP contribution in [0.3, 0.4) is 0 Å². The molecule has 1 aromatic heterocycles. The number of pyridine rings is 1. The molecule has 0 spiro atoms. The summed E-state index contributed by atoms with van der Waals surface area (Å²) in [6.45, 7) is 5.63. The van der Waals surface area contributed by atoms with E-state index in [1.54, 1.807) is 0 Å². The molecule has 1 atom stereocenters. The van der Waals surface area contributed by atoms with E-state index in [0.29, 0.717) is 5.75 Å². The molecule has 0 saturated carbocycles. The lowest BCUT2D eigenvalue weighted by Crippen LogP contribution is -2.43. The van der Waals surface area contributed by atoms with Crippen LogP contribution in [0.2, 0.25) is 0 Å². The summed E-state index contributed by atoms with van der Waals surface area (Å²) in [6, 6.07) is 16.3. The van der Waals surface area contributed by atoms with E-state index in [1.165, 1.54) is 17.5 Å². The molecule has 2 aromatic carbocycles. The van der Waals surface area contributed by atoms with E-state index in [2.05, 4.69) is 36.2 Å². The molecule has 1 amide bonds. The molecule has 1 aliphatic rings. The van der Waals surface area contributed by atoms with Crippen LogP contribution in [0.4, 0.5) is 0 Å². The van der Waals surface area contributed by atoms with Crippen molar-refractivity contribution < 1.29 is 9.53 Å². The van der Waals surface area contributed by atoms with Gasteiger partial charge in [-0.15, -0.1) is 0 Å². The molecule has 0 radical (unpaired) electrons. The zero-order valence-corrected chi connectivity index (χ0v) is 16.5. The largest absolute Gasteiger partial charge is 0.481 e. The number of ether oxygens (including phenoxy) is 1. The minimum atomic E-state index is -0.491. The number of aromatic nitrogens is 1. The number of aryl methyl sites for hydroxylation is 1. The van der Waals surface area contributed by atoms with Crippen molar-refractivity contribution in [1.82, 2.24) is 9.88 Å². The van der Waals surface area contributed by atoms with E-state index in [9.17, 15) is 4.79 Å². The number of likely N-dealkylation sites (tertiary alicyclic amines) is 1. The highest BCUT2D eigenvalue weighted by molar-refractivity contribution is 5.95. The number of carbonyl (C=O) groups is 1. The molecule has 2 heterocycles. The molecule has 3 aromatic rings. The van der Waals surface area contributed by atoms with Crippen LogP contribution in [-0.2, 0) is 4.79 Å². The standard InChI is InChI=1S/C24H26N2O2/c1-17-8-4-5-9-20(17)21-12-13-25-23-16-19(10-11-22(21)23)28-18(2)24(27)26-14-6-3-7-15-26/h4-5,8-13,16,18H,3,6-7,14-15H2,1-2H3/t18-/m1/s1. The molecule has 0 aliphatic carbocycles. The van der Waals surface area contributed by atoms with E-state index in [4.69, 9.17) is 4.74 Å². The third-order valence-electron chi connectivity index (χ3n) is 5.48. The van der Waals surface area contributed by atoms with Gasteiger partial charge in [0.1, 0.15) is 5.75 Å². The van der Waals surface area contributed by atoms with Crippen molar-refractivity contribution in [3.63, 3.8) is 0 Å². The second-order valence-corrected chi connectivity index (χ2v) is 7.50. The maximum atomic E-state index is 12.6. The average molecular weight is 374 g/mol. The number of piperidine rings is 1. The van der Waals surface area contributed by atoms with Gasteiger partial charge < -0.3 is 9.64 Å². The second-order valence-electron chi connectivity index (χ2n) is 7.50. The van der Waals surface area contributed by atoms with Gasteiger partial charge in [0.05, 0.1) is 5.52 Å². The number of nitrogens with zero attached hydrogens (tertiary/aromatic N) is 2. The molecule has 1 aliphatic heterocycles. The molecule has 1 fully saturated rings. The van der Waals surface area contributed by atoms with Crippen LogP contribution in [0, 0.1) is 6.92 Å². The molecule has 0 N–H and O–H groups in total. The predicted molar refractivity (Wildman–Crippen MR) is 112 cm³/mol. The number of benzene rings is 2. The first-order valence-electron chi connectivity index (χ1n) is 10.0. The van der Waals surface area contributed by atoms with Crippen LogP contribution in [0.1, 0.15) is 31.7 Å². The van der Waals surface area contributed by atoms with Crippen molar-refractivity contribution in [2.45, 2.75) is 39.2 Å².